The minimum atomic E-state index is -0.364. The first-order chi connectivity index (χ1) is 9.76. The maximum Gasteiger partial charge on any atom is 0.272 e. The van der Waals surface area contributed by atoms with Crippen molar-refractivity contribution in [1.29, 1.82) is 0 Å². The number of nitro benzene ring substituents is 1. The predicted molar refractivity (Wildman–Crippen MR) is 82.0 cm³/mol. The van der Waals surface area contributed by atoms with E-state index in [9.17, 15) is 10.1 Å². The Kier molecular flexibility index (Phi) is 4.09. The predicted octanol–water partition coefficient (Wildman–Crippen LogP) is 3.18. The van der Waals surface area contributed by atoms with Crippen molar-refractivity contribution in [2.45, 2.75) is 39.8 Å². The van der Waals surface area contributed by atoms with Crippen molar-refractivity contribution in [3.8, 4) is 11.3 Å². The van der Waals surface area contributed by atoms with E-state index in [0.29, 0.717) is 12.1 Å². The minimum Gasteiger partial charge on any atom is -0.341 e. The lowest BCUT2D eigenvalue weighted by molar-refractivity contribution is -0.385. The van der Waals surface area contributed by atoms with Crippen molar-refractivity contribution in [2.24, 2.45) is 0 Å². The summed E-state index contributed by atoms with van der Waals surface area (Å²) in [6.07, 6.45) is 1.70. The van der Waals surface area contributed by atoms with Crippen LogP contribution in [0.25, 0.3) is 11.3 Å². The highest BCUT2D eigenvalue weighted by Gasteiger charge is 2.14. The second-order valence-corrected chi connectivity index (χ2v) is 6.11. The molecule has 0 saturated heterocycles. The van der Waals surface area contributed by atoms with Gasteiger partial charge in [-0.25, -0.2) is 4.98 Å². The van der Waals surface area contributed by atoms with Gasteiger partial charge in [-0.15, -0.1) is 0 Å². The molecule has 112 valence electrons. The van der Waals surface area contributed by atoms with Crippen LogP contribution in [0.3, 0.4) is 0 Å². The fourth-order valence-corrected chi connectivity index (χ4v) is 1.92. The maximum atomic E-state index is 11.0. The van der Waals surface area contributed by atoms with E-state index in [0.717, 1.165) is 17.1 Å². The number of aryl methyl sites for hydroxylation is 1. The lowest BCUT2D eigenvalue weighted by Gasteiger charge is -2.19. The Balaban J connectivity index is 2.22. The molecule has 0 atom stereocenters. The van der Waals surface area contributed by atoms with Gasteiger partial charge in [0.2, 0.25) is 0 Å². The molecule has 2 rings (SSSR count). The van der Waals surface area contributed by atoms with Crippen LogP contribution >= 0.6 is 0 Å². The summed E-state index contributed by atoms with van der Waals surface area (Å²) in [6, 6.07) is 5.18. The Bertz CT molecular complexity index is 656. The highest BCUT2D eigenvalue weighted by atomic mass is 16.6. The van der Waals surface area contributed by atoms with Gasteiger partial charge in [-0.05, 0) is 27.7 Å². The number of nitrogens with one attached hydrogen (secondary N) is 2. The smallest absolute Gasteiger partial charge is 0.272 e. The topological polar surface area (TPSA) is 83.8 Å². The zero-order chi connectivity index (χ0) is 15.6. The van der Waals surface area contributed by atoms with E-state index < -0.39 is 0 Å². The van der Waals surface area contributed by atoms with Crippen LogP contribution in [0.2, 0.25) is 0 Å². The lowest BCUT2D eigenvalue weighted by Crippen LogP contribution is -2.35. The van der Waals surface area contributed by atoms with Gasteiger partial charge in [0, 0.05) is 22.7 Å². The summed E-state index contributed by atoms with van der Waals surface area (Å²) in [5, 5.41) is 14.3. The molecule has 0 radical (unpaired) electrons. The molecule has 1 heterocycles. The molecule has 0 fully saturated rings. The number of nitro groups is 1. The zero-order valence-electron chi connectivity index (χ0n) is 12.7. The van der Waals surface area contributed by atoms with Crippen molar-refractivity contribution in [1.82, 2.24) is 15.3 Å². The fraction of sp³-hybridized carbons (Fsp3) is 0.400. The molecule has 0 bridgehead atoms. The number of nitrogens with zero attached hydrogens (tertiary/aromatic N) is 2. The van der Waals surface area contributed by atoms with Gasteiger partial charge in [0.25, 0.3) is 5.69 Å². The highest BCUT2D eigenvalue weighted by molar-refractivity contribution is 5.63. The number of imidazole rings is 1. The van der Waals surface area contributed by atoms with E-state index in [-0.39, 0.29) is 16.1 Å². The number of benzene rings is 1. The Morgan fingerprint density at radius 3 is 2.71 bits per heavy atom. The first-order valence-electron chi connectivity index (χ1n) is 6.80. The second kappa shape index (κ2) is 5.65. The normalized spacial score (nSPS) is 11.6. The van der Waals surface area contributed by atoms with Gasteiger partial charge in [0.15, 0.2) is 0 Å². The quantitative estimate of drug-likeness (QED) is 0.668. The van der Waals surface area contributed by atoms with Gasteiger partial charge < -0.3 is 10.3 Å². The van der Waals surface area contributed by atoms with Crippen LogP contribution in [0.1, 0.15) is 32.2 Å². The average Bonchev–Trinajstić information content (AvgIpc) is 2.84. The standard InChI is InChI=1S/C15H20N4O2/c1-10-5-6-11(7-13(10)19(20)21)12-8-16-14(18-12)9-17-15(2,3)4/h5-8,17H,9H2,1-4H3,(H,16,18). The van der Waals surface area contributed by atoms with Crippen molar-refractivity contribution >= 4 is 5.69 Å². The number of aromatic amines is 1. The summed E-state index contributed by atoms with van der Waals surface area (Å²) >= 11 is 0. The van der Waals surface area contributed by atoms with Crippen molar-refractivity contribution in [3.05, 3.63) is 45.9 Å². The monoisotopic (exact) mass is 288 g/mol. The molecule has 0 aliphatic rings. The molecule has 6 nitrogen and oxygen atoms in total. The van der Waals surface area contributed by atoms with Crippen LogP contribution in [0, 0.1) is 17.0 Å². The fourth-order valence-electron chi connectivity index (χ4n) is 1.92. The molecular weight excluding hydrogens is 268 g/mol. The van der Waals surface area contributed by atoms with Gasteiger partial charge in [0.1, 0.15) is 5.82 Å². The van der Waals surface area contributed by atoms with E-state index in [2.05, 4.69) is 36.1 Å². The number of H-pyrrole nitrogens is 1. The molecular formula is C15H20N4O2. The Morgan fingerprint density at radius 1 is 1.38 bits per heavy atom. The van der Waals surface area contributed by atoms with Crippen molar-refractivity contribution < 1.29 is 4.92 Å². The highest BCUT2D eigenvalue weighted by Crippen LogP contribution is 2.25. The molecule has 1 aromatic carbocycles. The average molecular weight is 288 g/mol. The van der Waals surface area contributed by atoms with Gasteiger partial charge in [-0.2, -0.15) is 0 Å². The van der Waals surface area contributed by atoms with E-state index >= 15 is 0 Å². The van der Waals surface area contributed by atoms with E-state index in [1.54, 1.807) is 25.3 Å². The SMILES string of the molecule is Cc1ccc(-c2cnc(CNC(C)(C)C)[nH]2)cc1[N+](=O)[O-]. The molecule has 21 heavy (non-hydrogen) atoms. The van der Waals surface area contributed by atoms with E-state index in [4.69, 9.17) is 0 Å². The molecule has 1 aromatic heterocycles. The third-order valence-corrected chi connectivity index (χ3v) is 3.13. The third kappa shape index (κ3) is 3.88. The van der Waals surface area contributed by atoms with Crippen LogP contribution in [-0.2, 0) is 6.54 Å². The molecule has 0 unspecified atom stereocenters. The van der Waals surface area contributed by atoms with Gasteiger partial charge in [-0.3, -0.25) is 10.1 Å². The Morgan fingerprint density at radius 2 is 2.10 bits per heavy atom. The summed E-state index contributed by atoms with van der Waals surface area (Å²) < 4.78 is 0. The number of hydrogen-bond donors (Lipinski definition) is 2. The molecule has 0 aliphatic heterocycles. The molecule has 0 saturated carbocycles. The maximum absolute atomic E-state index is 11.0. The van der Waals surface area contributed by atoms with Gasteiger partial charge in [0.05, 0.1) is 23.4 Å². The van der Waals surface area contributed by atoms with Crippen LogP contribution in [0.4, 0.5) is 5.69 Å². The van der Waals surface area contributed by atoms with Crippen LogP contribution in [0.5, 0.6) is 0 Å². The minimum absolute atomic E-state index is 0.00952. The molecule has 2 aromatic rings. The largest absolute Gasteiger partial charge is 0.341 e. The number of hydrogen-bond acceptors (Lipinski definition) is 4. The van der Waals surface area contributed by atoms with Crippen molar-refractivity contribution in [3.63, 3.8) is 0 Å². The number of aromatic nitrogens is 2. The third-order valence-electron chi connectivity index (χ3n) is 3.13. The van der Waals surface area contributed by atoms with Gasteiger partial charge in [-0.1, -0.05) is 12.1 Å². The summed E-state index contributed by atoms with van der Waals surface area (Å²) in [5.41, 5.74) is 2.33. The summed E-state index contributed by atoms with van der Waals surface area (Å²) in [6.45, 7) is 8.60. The van der Waals surface area contributed by atoms with Crippen LogP contribution in [-0.4, -0.2) is 20.4 Å². The van der Waals surface area contributed by atoms with E-state index in [1.807, 2.05) is 6.07 Å². The van der Waals surface area contributed by atoms with Crippen molar-refractivity contribution in [2.75, 3.05) is 0 Å². The molecule has 0 aliphatic carbocycles. The Hall–Kier alpha value is -2.21. The number of rotatable bonds is 4. The lowest BCUT2D eigenvalue weighted by atomic mass is 10.1. The molecule has 2 N–H and O–H groups in total. The van der Waals surface area contributed by atoms with Crippen LogP contribution in [0.15, 0.2) is 24.4 Å². The molecule has 6 heteroatoms. The summed E-state index contributed by atoms with van der Waals surface area (Å²) in [7, 11) is 0. The van der Waals surface area contributed by atoms with Gasteiger partial charge >= 0.3 is 0 Å². The second-order valence-electron chi connectivity index (χ2n) is 6.11. The van der Waals surface area contributed by atoms with E-state index in [1.165, 1.54) is 0 Å². The first-order valence-corrected chi connectivity index (χ1v) is 6.80. The zero-order valence-corrected chi connectivity index (χ0v) is 12.7. The molecule has 0 amide bonds. The summed E-state index contributed by atoms with van der Waals surface area (Å²) in [5.74, 6) is 0.808. The Labute approximate surface area is 123 Å². The van der Waals surface area contributed by atoms with Crippen LogP contribution < -0.4 is 5.32 Å². The molecule has 0 spiro atoms. The summed E-state index contributed by atoms with van der Waals surface area (Å²) in [4.78, 5) is 18.1. The first kappa shape index (κ1) is 15.2.